The SMILES string of the molecule is CCC(Oc1cccc(-n2cc(-c3ccccn3)cc(-c3ccccc3C#N)c2=O)c1)N1CCCCC1. The summed E-state index contributed by atoms with van der Waals surface area (Å²) < 4.78 is 8.05. The van der Waals surface area contributed by atoms with E-state index in [9.17, 15) is 10.1 Å². The molecular formula is C31H30N4O2. The van der Waals surface area contributed by atoms with Crippen LogP contribution in [0.1, 0.15) is 38.2 Å². The molecule has 0 N–H and O–H groups in total. The number of benzene rings is 2. The summed E-state index contributed by atoms with van der Waals surface area (Å²) in [6.45, 7) is 4.24. The Balaban J connectivity index is 1.60. The Labute approximate surface area is 217 Å². The van der Waals surface area contributed by atoms with E-state index in [4.69, 9.17) is 4.74 Å². The first-order valence-corrected chi connectivity index (χ1v) is 12.9. The van der Waals surface area contributed by atoms with Gasteiger partial charge in [-0.15, -0.1) is 0 Å². The number of nitrogens with zero attached hydrogens (tertiary/aromatic N) is 4. The van der Waals surface area contributed by atoms with Gasteiger partial charge in [-0.2, -0.15) is 5.26 Å². The van der Waals surface area contributed by atoms with E-state index in [0.717, 1.165) is 36.5 Å². The van der Waals surface area contributed by atoms with Gasteiger partial charge in [0.1, 0.15) is 5.75 Å². The molecule has 186 valence electrons. The highest BCUT2D eigenvalue weighted by Crippen LogP contribution is 2.27. The largest absolute Gasteiger partial charge is 0.475 e. The maximum atomic E-state index is 13.8. The molecule has 6 heteroatoms. The van der Waals surface area contributed by atoms with Gasteiger partial charge in [-0.25, -0.2) is 0 Å². The zero-order valence-corrected chi connectivity index (χ0v) is 21.0. The summed E-state index contributed by atoms with van der Waals surface area (Å²) in [5, 5.41) is 9.70. The lowest BCUT2D eigenvalue weighted by molar-refractivity contribution is 0.00982. The molecule has 6 nitrogen and oxygen atoms in total. The van der Waals surface area contributed by atoms with Crippen molar-refractivity contribution in [1.29, 1.82) is 5.26 Å². The van der Waals surface area contributed by atoms with Crippen LogP contribution in [0, 0.1) is 11.3 Å². The minimum Gasteiger partial charge on any atom is -0.475 e. The van der Waals surface area contributed by atoms with Crippen LogP contribution in [-0.2, 0) is 0 Å². The number of pyridine rings is 2. The van der Waals surface area contributed by atoms with E-state index in [0.29, 0.717) is 22.4 Å². The maximum Gasteiger partial charge on any atom is 0.263 e. The fourth-order valence-electron chi connectivity index (χ4n) is 4.94. The molecule has 37 heavy (non-hydrogen) atoms. The minimum absolute atomic E-state index is 0.00481. The molecule has 1 saturated heterocycles. The molecule has 0 amide bonds. The second-order valence-electron chi connectivity index (χ2n) is 9.26. The van der Waals surface area contributed by atoms with Crippen LogP contribution in [0.25, 0.3) is 28.1 Å². The molecule has 0 bridgehead atoms. The van der Waals surface area contributed by atoms with Gasteiger partial charge in [-0.05, 0) is 55.7 Å². The molecule has 0 spiro atoms. The van der Waals surface area contributed by atoms with Crippen molar-refractivity contribution in [2.75, 3.05) is 13.1 Å². The Morgan fingerprint density at radius 1 is 0.973 bits per heavy atom. The molecule has 1 unspecified atom stereocenters. The maximum absolute atomic E-state index is 13.8. The van der Waals surface area contributed by atoms with Crippen molar-refractivity contribution in [3.8, 4) is 39.9 Å². The lowest BCUT2D eigenvalue weighted by Crippen LogP contribution is -2.42. The Hall–Kier alpha value is -4.21. The summed E-state index contributed by atoms with van der Waals surface area (Å²) in [7, 11) is 0. The number of ether oxygens (including phenoxy) is 1. The van der Waals surface area contributed by atoms with Gasteiger partial charge in [-0.1, -0.05) is 43.7 Å². The highest BCUT2D eigenvalue weighted by Gasteiger charge is 2.21. The molecule has 3 heterocycles. The van der Waals surface area contributed by atoms with E-state index < -0.39 is 0 Å². The number of likely N-dealkylation sites (tertiary alicyclic amines) is 1. The zero-order valence-electron chi connectivity index (χ0n) is 21.0. The van der Waals surface area contributed by atoms with Gasteiger partial charge in [-0.3, -0.25) is 19.2 Å². The topological polar surface area (TPSA) is 71.1 Å². The Morgan fingerprint density at radius 3 is 2.54 bits per heavy atom. The molecule has 4 aromatic rings. The van der Waals surface area contributed by atoms with Crippen LogP contribution in [0.4, 0.5) is 0 Å². The molecule has 2 aromatic heterocycles. The van der Waals surface area contributed by atoms with Crippen LogP contribution >= 0.6 is 0 Å². The first-order chi connectivity index (χ1) is 18.2. The smallest absolute Gasteiger partial charge is 0.263 e. The number of hydrogen-bond donors (Lipinski definition) is 0. The predicted molar refractivity (Wildman–Crippen MR) is 146 cm³/mol. The van der Waals surface area contributed by atoms with Crippen molar-refractivity contribution in [2.45, 2.75) is 38.8 Å². The van der Waals surface area contributed by atoms with Crippen molar-refractivity contribution in [3.05, 3.63) is 101 Å². The number of piperidine rings is 1. The van der Waals surface area contributed by atoms with Crippen LogP contribution in [0.15, 0.2) is 90.0 Å². The standard InChI is InChI=1S/C31H30N4O2/c1-2-30(34-17-8-3-9-18-34)37-26-13-10-12-25(20-26)35-22-24(29-15-6-7-16-33-29)19-28(31(35)36)27-14-5-4-11-23(27)21-32/h4-7,10-16,19-20,22,30H,2-3,8-9,17-18H2,1H3. The Bertz CT molecular complexity index is 1470. The van der Waals surface area contributed by atoms with Gasteiger partial charge in [0.15, 0.2) is 6.23 Å². The fourth-order valence-corrected chi connectivity index (χ4v) is 4.94. The van der Waals surface area contributed by atoms with E-state index in [2.05, 4.69) is 22.9 Å². The minimum atomic E-state index is -0.206. The average Bonchev–Trinajstić information content (AvgIpc) is 2.97. The van der Waals surface area contributed by atoms with Gasteiger partial charge in [0.2, 0.25) is 0 Å². The summed E-state index contributed by atoms with van der Waals surface area (Å²) in [6, 6.07) is 24.6. The van der Waals surface area contributed by atoms with Crippen LogP contribution in [0.2, 0.25) is 0 Å². The number of nitriles is 1. The van der Waals surface area contributed by atoms with Gasteiger partial charge in [0.05, 0.1) is 23.0 Å². The number of aromatic nitrogens is 2. The molecule has 1 aliphatic heterocycles. The van der Waals surface area contributed by atoms with Crippen LogP contribution < -0.4 is 10.3 Å². The second-order valence-corrected chi connectivity index (χ2v) is 9.26. The molecule has 2 aromatic carbocycles. The van der Waals surface area contributed by atoms with Crippen molar-refractivity contribution in [1.82, 2.24) is 14.5 Å². The van der Waals surface area contributed by atoms with E-state index in [1.165, 1.54) is 19.3 Å². The van der Waals surface area contributed by atoms with Gasteiger partial charge in [0.25, 0.3) is 5.56 Å². The summed E-state index contributed by atoms with van der Waals surface area (Å²) in [5.74, 6) is 0.726. The van der Waals surface area contributed by atoms with E-state index in [1.807, 2.05) is 66.9 Å². The molecule has 1 fully saturated rings. The van der Waals surface area contributed by atoms with Gasteiger partial charge >= 0.3 is 0 Å². The Morgan fingerprint density at radius 2 is 1.78 bits per heavy atom. The van der Waals surface area contributed by atoms with Crippen LogP contribution in [0.5, 0.6) is 5.75 Å². The lowest BCUT2D eigenvalue weighted by Gasteiger charge is -2.34. The quantitative estimate of drug-likeness (QED) is 0.316. The van der Waals surface area contributed by atoms with Crippen LogP contribution in [0.3, 0.4) is 0 Å². The summed E-state index contributed by atoms with van der Waals surface area (Å²) in [6.07, 6.45) is 8.09. The molecule has 1 aliphatic rings. The number of rotatable bonds is 7. The van der Waals surface area contributed by atoms with Crippen molar-refractivity contribution >= 4 is 0 Å². The summed E-state index contributed by atoms with van der Waals surface area (Å²) in [4.78, 5) is 20.7. The van der Waals surface area contributed by atoms with Crippen molar-refractivity contribution in [3.63, 3.8) is 0 Å². The highest BCUT2D eigenvalue weighted by molar-refractivity contribution is 5.75. The van der Waals surface area contributed by atoms with Gasteiger partial charge in [0, 0.05) is 48.2 Å². The third kappa shape index (κ3) is 5.32. The second kappa shape index (κ2) is 11.2. The molecule has 0 radical (unpaired) electrons. The van der Waals surface area contributed by atoms with E-state index >= 15 is 0 Å². The summed E-state index contributed by atoms with van der Waals surface area (Å²) >= 11 is 0. The van der Waals surface area contributed by atoms with E-state index in [-0.39, 0.29) is 11.8 Å². The summed E-state index contributed by atoms with van der Waals surface area (Å²) in [5.41, 5.74) is 3.53. The first-order valence-electron chi connectivity index (χ1n) is 12.9. The fraction of sp³-hybridized carbons (Fsp3) is 0.258. The van der Waals surface area contributed by atoms with Crippen LogP contribution in [-0.4, -0.2) is 33.8 Å². The van der Waals surface area contributed by atoms with E-state index in [1.54, 1.807) is 22.9 Å². The van der Waals surface area contributed by atoms with Crippen molar-refractivity contribution < 1.29 is 4.74 Å². The monoisotopic (exact) mass is 490 g/mol. The predicted octanol–water partition coefficient (Wildman–Crippen LogP) is 6.04. The van der Waals surface area contributed by atoms with Gasteiger partial charge < -0.3 is 4.74 Å². The molecular weight excluding hydrogens is 460 g/mol. The first kappa shape index (κ1) is 24.5. The third-order valence-electron chi connectivity index (χ3n) is 6.83. The molecule has 5 rings (SSSR count). The zero-order chi connectivity index (χ0) is 25.6. The molecule has 0 aliphatic carbocycles. The average molecular weight is 491 g/mol. The third-order valence-corrected chi connectivity index (χ3v) is 6.83. The Kier molecular flexibility index (Phi) is 7.43. The normalized spacial score (nSPS) is 14.6. The highest BCUT2D eigenvalue weighted by atomic mass is 16.5. The molecule has 1 atom stereocenters. The van der Waals surface area contributed by atoms with Crippen molar-refractivity contribution in [2.24, 2.45) is 0 Å². The lowest BCUT2D eigenvalue weighted by atomic mass is 9.99. The number of hydrogen-bond acceptors (Lipinski definition) is 5. The molecule has 0 saturated carbocycles.